The molecule has 22 heavy (non-hydrogen) atoms. The van der Waals surface area contributed by atoms with E-state index in [1.165, 1.54) is 6.07 Å². The number of fused-ring (bicyclic) bond motifs is 1. The fourth-order valence-corrected chi connectivity index (χ4v) is 3.19. The van der Waals surface area contributed by atoms with Crippen molar-refractivity contribution in [3.05, 3.63) is 70.5 Å². The Kier molecular flexibility index (Phi) is 3.46. The van der Waals surface area contributed by atoms with E-state index in [0.29, 0.717) is 11.2 Å². The number of pyridine rings is 1. The van der Waals surface area contributed by atoms with Crippen LogP contribution in [-0.4, -0.2) is 13.4 Å². The molecule has 0 spiro atoms. The molecule has 6 heteroatoms. The third-order valence-corrected chi connectivity index (χ3v) is 4.71. The maximum atomic E-state index is 12.3. The molecular weight excluding hydrogens is 300 g/mol. The molecule has 2 aromatic carbocycles. The summed E-state index contributed by atoms with van der Waals surface area (Å²) in [5.41, 5.74) is 1.74. The van der Waals surface area contributed by atoms with Crippen LogP contribution in [0, 0.1) is 6.92 Å². The summed E-state index contributed by atoms with van der Waals surface area (Å²) in [6, 6.07) is 14.7. The van der Waals surface area contributed by atoms with Gasteiger partial charge in [0.2, 0.25) is 5.56 Å². The van der Waals surface area contributed by atoms with Gasteiger partial charge in [0.25, 0.3) is 10.0 Å². The van der Waals surface area contributed by atoms with E-state index in [1.54, 1.807) is 48.5 Å². The normalized spacial score (nSPS) is 11.5. The van der Waals surface area contributed by atoms with Crippen molar-refractivity contribution in [2.24, 2.45) is 0 Å². The molecular formula is C16H14N2O3S. The SMILES string of the molecule is Cc1ccc(S(=O)(=O)Nc2ccc3ccc(=O)[nH]c3c2)cc1. The Morgan fingerprint density at radius 3 is 2.36 bits per heavy atom. The first-order valence-electron chi connectivity index (χ1n) is 6.67. The van der Waals surface area contributed by atoms with E-state index < -0.39 is 10.0 Å². The molecule has 0 aliphatic carbocycles. The van der Waals surface area contributed by atoms with Crippen molar-refractivity contribution < 1.29 is 8.42 Å². The van der Waals surface area contributed by atoms with Crippen molar-refractivity contribution in [3.63, 3.8) is 0 Å². The summed E-state index contributed by atoms with van der Waals surface area (Å²) in [5.74, 6) is 0. The van der Waals surface area contributed by atoms with Gasteiger partial charge in [-0.15, -0.1) is 0 Å². The number of hydrogen-bond donors (Lipinski definition) is 2. The van der Waals surface area contributed by atoms with E-state index >= 15 is 0 Å². The molecule has 0 saturated heterocycles. The second kappa shape index (κ2) is 5.31. The highest BCUT2D eigenvalue weighted by Crippen LogP contribution is 2.20. The predicted octanol–water partition coefficient (Wildman–Crippen LogP) is 2.64. The molecule has 0 bridgehead atoms. The monoisotopic (exact) mass is 314 g/mol. The van der Waals surface area contributed by atoms with Gasteiger partial charge in [0.05, 0.1) is 16.1 Å². The van der Waals surface area contributed by atoms with E-state index in [2.05, 4.69) is 9.71 Å². The number of rotatable bonds is 3. The molecule has 5 nitrogen and oxygen atoms in total. The van der Waals surface area contributed by atoms with Crippen LogP contribution in [-0.2, 0) is 10.0 Å². The third-order valence-electron chi connectivity index (χ3n) is 3.31. The summed E-state index contributed by atoms with van der Waals surface area (Å²) in [4.78, 5) is 14.2. The number of H-pyrrole nitrogens is 1. The molecule has 0 saturated carbocycles. The molecule has 3 aromatic rings. The maximum absolute atomic E-state index is 12.3. The van der Waals surface area contributed by atoms with Gasteiger partial charge in [0.1, 0.15) is 0 Å². The van der Waals surface area contributed by atoms with Gasteiger partial charge in [-0.1, -0.05) is 23.8 Å². The van der Waals surface area contributed by atoms with Crippen LogP contribution in [0.1, 0.15) is 5.56 Å². The predicted molar refractivity (Wildman–Crippen MR) is 86.6 cm³/mol. The van der Waals surface area contributed by atoms with E-state index in [0.717, 1.165) is 10.9 Å². The lowest BCUT2D eigenvalue weighted by atomic mass is 10.2. The van der Waals surface area contributed by atoms with Crippen molar-refractivity contribution in [1.82, 2.24) is 4.98 Å². The van der Waals surface area contributed by atoms with Crippen molar-refractivity contribution >= 4 is 26.6 Å². The smallest absolute Gasteiger partial charge is 0.261 e. The topological polar surface area (TPSA) is 79.0 Å². The number of sulfonamides is 1. The number of anilines is 1. The Bertz CT molecular complexity index is 990. The summed E-state index contributed by atoms with van der Waals surface area (Å²) >= 11 is 0. The van der Waals surface area contributed by atoms with E-state index in [4.69, 9.17) is 0 Å². The highest BCUT2D eigenvalue weighted by molar-refractivity contribution is 7.92. The van der Waals surface area contributed by atoms with Crippen LogP contribution < -0.4 is 10.3 Å². The average Bonchev–Trinajstić information content (AvgIpc) is 2.47. The highest BCUT2D eigenvalue weighted by atomic mass is 32.2. The lowest BCUT2D eigenvalue weighted by Crippen LogP contribution is -2.13. The number of hydrogen-bond acceptors (Lipinski definition) is 3. The first-order chi connectivity index (χ1) is 10.4. The fourth-order valence-electron chi connectivity index (χ4n) is 2.14. The Balaban J connectivity index is 1.98. The maximum Gasteiger partial charge on any atom is 0.261 e. The van der Waals surface area contributed by atoms with Gasteiger partial charge in [0, 0.05) is 6.07 Å². The van der Waals surface area contributed by atoms with Gasteiger partial charge in [-0.3, -0.25) is 9.52 Å². The number of aryl methyl sites for hydroxylation is 1. The van der Waals surface area contributed by atoms with Crippen LogP contribution in [0.5, 0.6) is 0 Å². The number of benzene rings is 2. The Morgan fingerprint density at radius 1 is 0.955 bits per heavy atom. The molecule has 0 aliphatic heterocycles. The number of aromatic nitrogens is 1. The van der Waals surface area contributed by atoms with Gasteiger partial charge in [0.15, 0.2) is 0 Å². The quantitative estimate of drug-likeness (QED) is 0.780. The molecule has 0 unspecified atom stereocenters. The minimum atomic E-state index is -3.65. The first-order valence-corrected chi connectivity index (χ1v) is 8.15. The molecule has 0 fully saturated rings. The number of nitrogens with one attached hydrogen (secondary N) is 2. The lowest BCUT2D eigenvalue weighted by molar-refractivity contribution is 0.601. The van der Waals surface area contributed by atoms with Gasteiger partial charge in [-0.25, -0.2) is 8.42 Å². The second-order valence-corrected chi connectivity index (χ2v) is 6.73. The second-order valence-electron chi connectivity index (χ2n) is 5.04. The van der Waals surface area contributed by atoms with Crippen molar-refractivity contribution in [3.8, 4) is 0 Å². The summed E-state index contributed by atoms with van der Waals surface area (Å²) in [5, 5.41) is 0.831. The van der Waals surface area contributed by atoms with Crippen LogP contribution in [0.2, 0.25) is 0 Å². The van der Waals surface area contributed by atoms with Crippen LogP contribution in [0.25, 0.3) is 10.9 Å². The van der Waals surface area contributed by atoms with Gasteiger partial charge < -0.3 is 4.98 Å². The van der Waals surface area contributed by atoms with Crippen LogP contribution >= 0.6 is 0 Å². The zero-order valence-corrected chi connectivity index (χ0v) is 12.6. The Morgan fingerprint density at radius 2 is 1.64 bits per heavy atom. The number of aromatic amines is 1. The zero-order chi connectivity index (χ0) is 15.7. The van der Waals surface area contributed by atoms with E-state index in [-0.39, 0.29) is 10.5 Å². The van der Waals surface area contributed by atoms with Gasteiger partial charge in [-0.05, 0) is 42.6 Å². The fraction of sp³-hybridized carbons (Fsp3) is 0.0625. The molecule has 2 N–H and O–H groups in total. The molecule has 3 rings (SSSR count). The summed E-state index contributed by atoms with van der Waals surface area (Å²) < 4.78 is 27.2. The molecule has 0 amide bonds. The van der Waals surface area contributed by atoms with Crippen molar-refractivity contribution in [1.29, 1.82) is 0 Å². The summed E-state index contributed by atoms with van der Waals surface area (Å²) in [6.45, 7) is 1.89. The molecule has 1 aromatic heterocycles. The van der Waals surface area contributed by atoms with Crippen molar-refractivity contribution in [2.45, 2.75) is 11.8 Å². The molecule has 0 radical (unpaired) electrons. The lowest BCUT2D eigenvalue weighted by Gasteiger charge is -2.09. The van der Waals surface area contributed by atoms with Crippen LogP contribution in [0.3, 0.4) is 0 Å². The third kappa shape index (κ3) is 2.87. The molecule has 0 atom stereocenters. The minimum Gasteiger partial charge on any atom is -0.322 e. The highest BCUT2D eigenvalue weighted by Gasteiger charge is 2.13. The summed E-state index contributed by atoms with van der Waals surface area (Å²) in [7, 11) is -3.65. The van der Waals surface area contributed by atoms with Gasteiger partial charge in [-0.2, -0.15) is 0 Å². The average molecular weight is 314 g/mol. The Hall–Kier alpha value is -2.60. The first kappa shape index (κ1) is 14.3. The molecule has 0 aliphatic rings. The standard InChI is InChI=1S/C16H14N2O3S/c1-11-2-7-14(8-3-11)22(20,21)18-13-6-4-12-5-9-16(19)17-15(12)10-13/h2-10,18H,1H3,(H,17,19). The summed E-state index contributed by atoms with van der Waals surface area (Å²) in [6.07, 6.45) is 0. The zero-order valence-electron chi connectivity index (χ0n) is 11.8. The Labute approximate surface area is 127 Å². The van der Waals surface area contributed by atoms with Crippen molar-refractivity contribution in [2.75, 3.05) is 4.72 Å². The van der Waals surface area contributed by atoms with E-state index in [9.17, 15) is 13.2 Å². The molecule has 112 valence electrons. The van der Waals surface area contributed by atoms with Crippen LogP contribution in [0.15, 0.2) is 64.3 Å². The van der Waals surface area contributed by atoms with Gasteiger partial charge >= 0.3 is 0 Å². The molecule has 1 heterocycles. The van der Waals surface area contributed by atoms with Crippen LogP contribution in [0.4, 0.5) is 5.69 Å². The minimum absolute atomic E-state index is 0.194. The van der Waals surface area contributed by atoms with E-state index in [1.807, 2.05) is 6.92 Å². The largest absolute Gasteiger partial charge is 0.322 e.